The number of nitrogens with one attached hydrogen (secondary N) is 2. The molecule has 0 bridgehead atoms. The minimum atomic E-state index is -0.282. The van der Waals surface area contributed by atoms with Gasteiger partial charge in [-0.15, -0.1) is 0 Å². The smallest absolute Gasteiger partial charge is 0.319 e. The van der Waals surface area contributed by atoms with Gasteiger partial charge in [0.15, 0.2) is 0 Å². The van der Waals surface area contributed by atoms with E-state index in [2.05, 4.69) is 26.6 Å². The number of aryl methyl sites for hydroxylation is 1. The summed E-state index contributed by atoms with van der Waals surface area (Å²) in [6, 6.07) is 3.45. The molecule has 0 radical (unpaired) electrons. The summed E-state index contributed by atoms with van der Waals surface area (Å²) < 4.78 is 0.777. The first-order valence-electron chi connectivity index (χ1n) is 5.34. The zero-order valence-electron chi connectivity index (χ0n) is 10.5. The number of urea groups is 1. The van der Waals surface area contributed by atoms with Gasteiger partial charge in [-0.25, -0.2) is 4.79 Å². The zero-order valence-corrected chi connectivity index (χ0v) is 12.1. The zero-order chi connectivity index (χ0) is 13.2. The number of nitrogen functional groups attached to an aromatic ring is 1. The van der Waals surface area contributed by atoms with E-state index in [1.54, 1.807) is 0 Å². The van der Waals surface area contributed by atoms with Crippen LogP contribution in [0.2, 0.25) is 0 Å². The van der Waals surface area contributed by atoms with Crippen LogP contribution in [0.1, 0.15) is 26.3 Å². The van der Waals surface area contributed by atoms with Crippen molar-refractivity contribution in [2.45, 2.75) is 33.2 Å². The van der Waals surface area contributed by atoms with Gasteiger partial charge in [-0.2, -0.15) is 0 Å². The second-order valence-corrected chi connectivity index (χ2v) is 5.89. The molecule has 1 aromatic carbocycles. The Balaban J connectivity index is 2.86. The quantitative estimate of drug-likeness (QED) is 0.697. The molecule has 17 heavy (non-hydrogen) atoms. The molecule has 0 aromatic heterocycles. The van der Waals surface area contributed by atoms with Crippen LogP contribution in [0.15, 0.2) is 16.6 Å². The monoisotopic (exact) mass is 299 g/mol. The fourth-order valence-electron chi connectivity index (χ4n) is 1.39. The summed E-state index contributed by atoms with van der Waals surface area (Å²) >= 11 is 3.38. The lowest BCUT2D eigenvalue weighted by Crippen LogP contribution is -2.43. The normalized spacial score (nSPS) is 11.1. The molecule has 4 nitrogen and oxygen atoms in total. The van der Waals surface area contributed by atoms with Crippen molar-refractivity contribution >= 4 is 33.3 Å². The summed E-state index contributed by atoms with van der Waals surface area (Å²) in [5.74, 6) is 0. The van der Waals surface area contributed by atoms with Crippen molar-refractivity contribution < 1.29 is 4.79 Å². The number of carbonyl (C=O) groups excluding carboxylic acids is 1. The molecule has 2 amide bonds. The molecular weight excluding hydrogens is 282 g/mol. The molecule has 0 saturated carbocycles. The molecule has 0 atom stereocenters. The molecule has 0 unspecified atom stereocenters. The second-order valence-electron chi connectivity index (χ2n) is 5.04. The number of halogens is 1. The SMILES string of the molecule is Cc1cc(N)c(NC(=O)NC(C)(C)C)c(Br)c1. The van der Waals surface area contributed by atoms with E-state index in [1.807, 2.05) is 39.8 Å². The highest BCUT2D eigenvalue weighted by Gasteiger charge is 2.15. The first-order valence-corrected chi connectivity index (χ1v) is 6.13. The first-order chi connectivity index (χ1) is 7.69. The van der Waals surface area contributed by atoms with E-state index in [4.69, 9.17) is 5.73 Å². The van der Waals surface area contributed by atoms with Crippen LogP contribution in [0.5, 0.6) is 0 Å². The van der Waals surface area contributed by atoms with Gasteiger partial charge in [0.2, 0.25) is 0 Å². The summed E-state index contributed by atoms with van der Waals surface area (Å²) in [6.45, 7) is 7.69. The van der Waals surface area contributed by atoms with E-state index in [9.17, 15) is 4.79 Å². The van der Waals surface area contributed by atoms with Crippen LogP contribution in [-0.2, 0) is 0 Å². The molecular formula is C12H18BrN3O. The maximum Gasteiger partial charge on any atom is 0.319 e. The van der Waals surface area contributed by atoms with Gasteiger partial charge in [-0.1, -0.05) is 0 Å². The summed E-state index contributed by atoms with van der Waals surface area (Å²) in [5.41, 5.74) is 7.76. The lowest BCUT2D eigenvalue weighted by Gasteiger charge is -2.21. The highest BCUT2D eigenvalue weighted by molar-refractivity contribution is 9.10. The van der Waals surface area contributed by atoms with Gasteiger partial charge in [0.1, 0.15) is 0 Å². The van der Waals surface area contributed by atoms with E-state index in [-0.39, 0.29) is 11.6 Å². The lowest BCUT2D eigenvalue weighted by molar-refractivity contribution is 0.244. The first kappa shape index (κ1) is 13.8. The Labute approximate surface area is 110 Å². The summed E-state index contributed by atoms with van der Waals surface area (Å²) in [6.07, 6.45) is 0. The van der Waals surface area contributed by atoms with Crippen molar-refractivity contribution in [3.8, 4) is 0 Å². The molecule has 0 fully saturated rings. The molecule has 0 saturated heterocycles. The average Bonchev–Trinajstić information content (AvgIpc) is 2.08. The number of carbonyl (C=O) groups is 1. The van der Waals surface area contributed by atoms with E-state index in [0.29, 0.717) is 11.4 Å². The number of amides is 2. The predicted molar refractivity (Wildman–Crippen MR) is 75.2 cm³/mol. The topological polar surface area (TPSA) is 67.1 Å². The molecule has 1 rings (SSSR count). The third kappa shape index (κ3) is 4.26. The number of hydrogen-bond donors (Lipinski definition) is 3. The number of nitrogens with two attached hydrogens (primary N) is 1. The van der Waals surface area contributed by atoms with E-state index < -0.39 is 0 Å². The van der Waals surface area contributed by atoms with Crippen LogP contribution >= 0.6 is 15.9 Å². The van der Waals surface area contributed by atoms with Gasteiger partial charge in [-0.3, -0.25) is 0 Å². The molecule has 94 valence electrons. The molecule has 0 aliphatic rings. The molecule has 0 heterocycles. The highest BCUT2D eigenvalue weighted by Crippen LogP contribution is 2.30. The Morgan fingerprint density at radius 2 is 1.94 bits per heavy atom. The minimum absolute atomic E-state index is 0.270. The summed E-state index contributed by atoms with van der Waals surface area (Å²) in [4.78, 5) is 11.7. The standard InChI is InChI=1S/C12H18BrN3O/c1-7-5-8(13)10(9(14)6-7)15-11(17)16-12(2,3)4/h5-6H,14H2,1-4H3,(H2,15,16,17). The van der Waals surface area contributed by atoms with Crippen molar-refractivity contribution in [2.24, 2.45) is 0 Å². The third-order valence-corrected chi connectivity index (χ3v) is 2.62. The van der Waals surface area contributed by atoms with Crippen molar-refractivity contribution in [1.82, 2.24) is 5.32 Å². The Morgan fingerprint density at radius 3 is 2.41 bits per heavy atom. The molecule has 0 aliphatic heterocycles. The Hall–Kier alpha value is -1.23. The van der Waals surface area contributed by atoms with Crippen molar-refractivity contribution in [3.63, 3.8) is 0 Å². The summed E-state index contributed by atoms with van der Waals surface area (Å²) in [7, 11) is 0. The van der Waals surface area contributed by atoms with E-state index in [1.165, 1.54) is 0 Å². The highest BCUT2D eigenvalue weighted by atomic mass is 79.9. The van der Waals surface area contributed by atoms with Gasteiger partial charge in [-0.05, 0) is 61.3 Å². The molecule has 1 aromatic rings. The van der Waals surface area contributed by atoms with Gasteiger partial charge >= 0.3 is 6.03 Å². The van der Waals surface area contributed by atoms with Crippen LogP contribution in [-0.4, -0.2) is 11.6 Å². The van der Waals surface area contributed by atoms with Gasteiger partial charge < -0.3 is 16.4 Å². The Bertz CT molecular complexity index is 415. The number of benzene rings is 1. The van der Waals surface area contributed by atoms with E-state index >= 15 is 0 Å². The number of rotatable bonds is 1. The van der Waals surface area contributed by atoms with Crippen molar-refractivity contribution in [2.75, 3.05) is 11.1 Å². The number of hydrogen-bond acceptors (Lipinski definition) is 2. The maximum absolute atomic E-state index is 11.7. The molecule has 0 spiro atoms. The maximum atomic E-state index is 11.7. The fourth-order valence-corrected chi connectivity index (χ4v) is 2.08. The third-order valence-electron chi connectivity index (χ3n) is 1.99. The fraction of sp³-hybridized carbons (Fsp3) is 0.417. The summed E-state index contributed by atoms with van der Waals surface area (Å²) in [5, 5.41) is 5.55. The number of anilines is 2. The van der Waals surface area contributed by atoms with Crippen LogP contribution in [0, 0.1) is 6.92 Å². The average molecular weight is 300 g/mol. The molecule has 5 heteroatoms. The van der Waals surface area contributed by atoms with Gasteiger partial charge in [0.25, 0.3) is 0 Å². The van der Waals surface area contributed by atoms with Crippen LogP contribution in [0.3, 0.4) is 0 Å². The predicted octanol–water partition coefficient (Wildman–Crippen LogP) is 3.26. The van der Waals surface area contributed by atoms with Gasteiger partial charge in [0, 0.05) is 10.0 Å². The molecule has 4 N–H and O–H groups in total. The van der Waals surface area contributed by atoms with Crippen molar-refractivity contribution in [1.29, 1.82) is 0 Å². The largest absolute Gasteiger partial charge is 0.397 e. The van der Waals surface area contributed by atoms with Crippen molar-refractivity contribution in [3.05, 3.63) is 22.2 Å². The Kier molecular flexibility index (Phi) is 4.03. The molecule has 0 aliphatic carbocycles. The van der Waals surface area contributed by atoms with E-state index in [0.717, 1.165) is 10.0 Å². The lowest BCUT2D eigenvalue weighted by atomic mass is 10.1. The minimum Gasteiger partial charge on any atom is -0.397 e. The Morgan fingerprint density at radius 1 is 1.35 bits per heavy atom. The second kappa shape index (κ2) is 4.96. The van der Waals surface area contributed by atoms with Crippen LogP contribution < -0.4 is 16.4 Å². The van der Waals surface area contributed by atoms with Crippen LogP contribution in [0.4, 0.5) is 16.2 Å². The van der Waals surface area contributed by atoms with Crippen LogP contribution in [0.25, 0.3) is 0 Å². The van der Waals surface area contributed by atoms with Gasteiger partial charge in [0.05, 0.1) is 11.4 Å².